The molecule has 1 unspecified atom stereocenters. The highest BCUT2D eigenvalue weighted by Crippen LogP contribution is 2.37. The SMILES string of the molecule is C[S+]([O-])c1cnc(-c2cnc3[nH]ccc3c2N[C@@H]2CCCNC2)s1. The first kappa shape index (κ1) is 15.9. The van der Waals surface area contributed by atoms with E-state index >= 15 is 0 Å². The maximum Gasteiger partial charge on any atom is 0.226 e. The third-order valence-electron chi connectivity index (χ3n) is 4.23. The second-order valence-electron chi connectivity index (χ2n) is 5.91. The van der Waals surface area contributed by atoms with Gasteiger partial charge in [0.2, 0.25) is 4.21 Å². The van der Waals surface area contributed by atoms with Gasteiger partial charge in [0.15, 0.2) is 0 Å². The first-order valence-electron chi connectivity index (χ1n) is 7.95. The Morgan fingerprint density at radius 1 is 1.38 bits per heavy atom. The summed E-state index contributed by atoms with van der Waals surface area (Å²) in [5.74, 6) is 0. The van der Waals surface area contributed by atoms with Crippen molar-refractivity contribution in [2.24, 2.45) is 0 Å². The van der Waals surface area contributed by atoms with Crippen LogP contribution >= 0.6 is 11.3 Å². The Balaban J connectivity index is 1.77. The third kappa shape index (κ3) is 3.02. The van der Waals surface area contributed by atoms with Gasteiger partial charge in [0.1, 0.15) is 16.9 Å². The molecule has 2 atom stereocenters. The highest BCUT2D eigenvalue weighted by molar-refractivity contribution is 7.92. The summed E-state index contributed by atoms with van der Waals surface area (Å²) in [7, 11) is 0. The largest absolute Gasteiger partial charge is 0.611 e. The summed E-state index contributed by atoms with van der Waals surface area (Å²) in [5, 5.41) is 9.03. The van der Waals surface area contributed by atoms with Gasteiger partial charge in [-0.3, -0.25) is 0 Å². The van der Waals surface area contributed by atoms with E-state index in [0.717, 1.165) is 51.0 Å². The molecule has 0 saturated carbocycles. The molecule has 8 heteroatoms. The predicted molar refractivity (Wildman–Crippen MR) is 99.0 cm³/mol. The van der Waals surface area contributed by atoms with Crippen LogP contribution in [0, 0.1) is 0 Å². The van der Waals surface area contributed by atoms with Gasteiger partial charge in [0, 0.05) is 30.4 Å². The second kappa shape index (κ2) is 6.72. The van der Waals surface area contributed by atoms with Crippen LogP contribution in [0.15, 0.2) is 28.9 Å². The minimum Gasteiger partial charge on any atom is -0.611 e. The summed E-state index contributed by atoms with van der Waals surface area (Å²) < 4.78 is 12.5. The fraction of sp³-hybridized carbons (Fsp3) is 0.375. The summed E-state index contributed by atoms with van der Waals surface area (Å²) in [6, 6.07) is 2.43. The van der Waals surface area contributed by atoms with Gasteiger partial charge in [-0.2, -0.15) is 0 Å². The molecule has 4 rings (SSSR count). The van der Waals surface area contributed by atoms with Gasteiger partial charge in [-0.25, -0.2) is 9.97 Å². The van der Waals surface area contributed by atoms with E-state index in [0.29, 0.717) is 6.04 Å². The number of pyridine rings is 1. The normalized spacial score (nSPS) is 19.5. The molecule has 0 aliphatic carbocycles. The zero-order valence-electron chi connectivity index (χ0n) is 13.3. The van der Waals surface area contributed by atoms with Crippen LogP contribution in [0.25, 0.3) is 21.6 Å². The van der Waals surface area contributed by atoms with Gasteiger partial charge in [0.05, 0.1) is 17.4 Å². The van der Waals surface area contributed by atoms with E-state index in [1.807, 2.05) is 18.5 Å². The van der Waals surface area contributed by atoms with Crippen molar-refractivity contribution in [3.8, 4) is 10.6 Å². The Morgan fingerprint density at radius 2 is 2.29 bits per heavy atom. The van der Waals surface area contributed by atoms with E-state index in [1.54, 1.807) is 12.5 Å². The maximum atomic E-state index is 11.7. The molecule has 0 amide bonds. The molecule has 126 valence electrons. The quantitative estimate of drug-likeness (QED) is 0.622. The molecule has 1 fully saturated rings. The standard InChI is InChI=1S/C16H19N5OS2/c1-24(22)13-9-20-16(23-13)12-8-19-15-11(4-6-18-15)14(12)21-10-3-2-5-17-7-10/h4,6,8-10,17H,2-3,5,7H2,1H3,(H2,18,19,21)/t10-,24?/m1/s1. The minimum absolute atomic E-state index is 0.387. The molecule has 24 heavy (non-hydrogen) atoms. The van der Waals surface area contributed by atoms with Crippen molar-refractivity contribution in [1.82, 2.24) is 20.3 Å². The van der Waals surface area contributed by atoms with E-state index in [9.17, 15) is 4.55 Å². The highest BCUT2D eigenvalue weighted by atomic mass is 32.2. The smallest absolute Gasteiger partial charge is 0.226 e. The molecule has 0 bridgehead atoms. The molecule has 6 nitrogen and oxygen atoms in total. The zero-order valence-corrected chi connectivity index (χ0v) is 15.0. The van der Waals surface area contributed by atoms with E-state index in [1.165, 1.54) is 17.8 Å². The first-order chi connectivity index (χ1) is 11.7. The third-order valence-corrected chi connectivity index (χ3v) is 6.68. The number of aromatic nitrogens is 3. The number of nitrogens with zero attached hydrogens (tertiary/aromatic N) is 2. The Bertz CT molecular complexity index is 838. The molecule has 0 spiro atoms. The van der Waals surface area contributed by atoms with Crippen molar-refractivity contribution in [2.75, 3.05) is 24.7 Å². The van der Waals surface area contributed by atoms with Crippen LogP contribution in [-0.4, -0.2) is 44.9 Å². The van der Waals surface area contributed by atoms with Crippen LogP contribution in [-0.2, 0) is 11.2 Å². The lowest BCUT2D eigenvalue weighted by molar-refractivity contribution is 0.480. The van der Waals surface area contributed by atoms with Gasteiger partial charge >= 0.3 is 0 Å². The van der Waals surface area contributed by atoms with E-state index in [2.05, 4.69) is 25.6 Å². The highest BCUT2D eigenvalue weighted by Gasteiger charge is 2.20. The number of hydrogen-bond acceptors (Lipinski definition) is 6. The van der Waals surface area contributed by atoms with Gasteiger partial charge in [-0.05, 0) is 36.6 Å². The molecule has 0 aromatic carbocycles. The van der Waals surface area contributed by atoms with Gasteiger partial charge in [-0.1, -0.05) is 11.3 Å². The summed E-state index contributed by atoms with van der Waals surface area (Å²) in [6.07, 6.45) is 9.44. The number of aromatic amines is 1. The van der Waals surface area contributed by atoms with Crippen LogP contribution in [0.3, 0.4) is 0 Å². The van der Waals surface area contributed by atoms with E-state index in [4.69, 9.17) is 0 Å². The van der Waals surface area contributed by atoms with Crippen LogP contribution in [0.1, 0.15) is 12.8 Å². The van der Waals surface area contributed by atoms with Crippen LogP contribution in [0.2, 0.25) is 0 Å². The first-order valence-corrected chi connectivity index (χ1v) is 10.3. The monoisotopic (exact) mass is 361 g/mol. The molecule has 1 aliphatic heterocycles. The van der Waals surface area contributed by atoms with Crippen LogP contribution in [0.4, 0.5) is 5.69 Å². The number of rotatable bonds is 4. The zero-order chi connectivity index (χ0) is 16.5. The van der Waals surface area contributed by atoms with Crippen molar-refractivity contribution < 1.29 is 4.55 Å². The van der Waals surface area contributed by atoms with Gasteiger partial charge < -0.3 is 20.2 Å². The summed E-state index contributed by atoms with van der Waals surface area (Å²) in [6.45, 7) is 2.04. The van der Waals surface area contributed by atoms with Gasteiger partial charge in [-0.15, -0.1) is 0 Å². The average Bonchev–Trinajstić information content (AvgIpc) is 3.25. The molecular weight excluding hydrogens is 342 g/mol. The number of thiazole rings is 1. The minimum atomic E-state index is -1.02. The number of H-pyrrole nitrogens is 1. The number of nitrogens with one attached hydrogen (secondary N) is 3. The van der Waals surface area contributed by atoms with Gasteiger partial charge in [0.25, 0.3) is 0 Å². The van der Waals surface area contributed by atoms with Crippen LogP contribution < -0.4 is 10.6 Å². The number of anilines is 1. The molecule has 1 aliphatic rings. The molecule has 1 saturated heterocycles. The van der Waals surface area contributed by atoms with Crippen molar-refractivity contribution in [1.29, 1.82) is 0 Å². The lowest BCUT2D eigenvalue weighted by atomic mass is 10.1. The number of piperidine rings is 1. The molecule has 3 aromatic heterocycles. The molecular formula is C16H19N5OS2. The molecule has 3 aromatic rings. The fourth-order valence-corrected chi connectivity index (χ4v) is 4.59. The van der Waals surface area contributed by atoms with E-state index < -0.39 is 11.2 Å². The fourth-order valence-electron chi connectivity index (χ4n) is 3.02. The Kier molecular flexibility index (Phi) is 4.45. The van der Waals surface area contributed by atoms with Crippen molar-refractivity contribution in [3.05, 3.63) is 24.7 Å². The maximum absolute atomic E-state index is 11.7. The lowest BCUT2D eigenvalue weighted by Gasteiger charge is -2.26. The van der Waals surface area contributed by atoms with Crippen molar-refractivity contribution in [3.63, 3.8) is 0 Å². The summed E-state index contributed by atoms with van der Waals surface area (Å²) in [5.41, 5.74) is 2.88. The van der Waals surface area contributed by atoms with Crippen molar-refractivity contribution in [2.45, 2.75) is 23.1 Å². The van der Waals surface area contributed by atoms with E-state index in [-0.39, 0.29) is 0 Å². The summed E-state index contributed by atoms with van der Waals surface area (Å²) >= 11 is 0.449. The average molecular weight is 361 g/mol. The molecule has 3 N–H and O–H groups in total. The molecule has 4 heterocycles. The summed E-state index contributed by atoms with van der Waals surface area (Å²) in [4.78, 5) is 12.1. The second-order valence-corrected chi connectivity index (χ2v) is 8.55. The lowest BCUT2D eigenvalue weighted by Crippen LogP contribution is -2.38. The Labute approximate surface area is 147 Å². The Morgan fingerprint density at radius 3 is 3.04 bits per heavy atom. The van der Waals surface area contributed by atoms with Crippen molar-refractivity contribution >= 4 is 39.2 Å². The predicted octanol–water partition coefficient (Wildman–Crippen LogP) is 2.59. The Hall–Kier alpha value is -1.61. The number of hydrogen-bond donors (Lipinski definition) is 3. The molecule has 0 radical (unpaired) electrons. The topological polar surface area (TPSA) is 88.7 Å². The number of fused-ring (bicyclic) bond motifs is 1. The van der Waals surface area contributed by atoms with Crippen LogP contribution in [0.5, 0.6) is 0 Å².